The van der Waals surface area contributed by atoms with Crippen LogP contribution in [0.5, 0.6) is 0 Å². The minimum atomic E-state index is -0.0441. The minimum Gasteiger partial charge on any atom is -0.376 e. The first-order valence-corrected chi connectivity index (χ1v) is 7.25. The SMILES string of the molecule is Cc1ccc(NC(=O)CNc2ccccc2C(C)C)cc1. The molecule has 0 aliphatic rings. The Kier molecular flexibility index (Phi) is 4.99. The Morgan fingerprint density at radius 3 is 2.38 bits per heavy atom. The molecule has 0 heterocycles. The van der Waals surface area contributed by atoms with Crippen molar-refractivity contribution in [2.45, 2.75) is 26.7 Å². The van der Waals surface area contributed by atoms with E-state index < -0.39 is 0 Å². The highest BCUT2D eigenvalue weighted by Crippen LogP contribution is 2.23. The lowest BCUT2D eigenvalue weighted by atomic mass is 10.0. The Hall–Kier alpha value is -2.29. The van der Waals surface area contributed by atoms with Crippen molar-refractivity contribution in [1.29, 1.82) is 0 Å². The predicted molar refractivity (Wildman–Crippen MR) is 88.8 cm³/mol. The highest BCUT2D eigenvalue weighted by molar-refractivity contribution is 5.93. The third-order valence-corrected chi connectivity index (χ3v) is 3.36. The van der Waals surface area contributed by atoms with Gasteiger partial charge in [0.2, 0.25) is 5.91 Å². The smallest absolute Gasteiger partial charge is 0.243 e. The van der Waals surface area contributed by atoms with Gasteiger partial charge in [-0.15, -0.1) is 0 Å². The molecule has 0 atom stereocenters. The molecule has 0 saturated carbocycles. The van der Waals surface area contributed by atoms with Crippen LogP contribution in [0.2, 0.25) is 0 Å². The van der Waals surface area contributed by atoms with Gasteiger partial charge >= 0.3 is 0 Å². The highest BCUT2D eigenvalue weighted by atomic mass is 16.1. The van der Waals surface area contributed by atoms with Gasteiger partial charge < -0.3 is 10.6 Å². The van der Waals surface area contributed by atoms with Crippen LogP contribution in [0.15, 0.2) is 48.5 Å². The molecule has 3 nitrogen and oxygen atoms in total. The molecule has 0 radical (unpaired) electrons. The van der Waals surface area contributed by atoms with Gasteiger partial charge in [0.1, 0.15) is 0 Å². The average molecular weight is 282 g/mol. The molecule has 0 aromatic heterocycles. The predicted octanol–water partition coefficient (Wildman–Crippen LogP) is 4.17. The topological polar surface area (TPSA) is 41.1 Å². The zero-order chi connectivity index (χ0) is 15.2. The van der Waals surface area contributed by atoms with Crippen LogP contribution in [0.4, 0.5) is 11.4 Å². The molecule has 3 heteroatoms. The molecule has 2 N–H and O–H groups in total. The van der Waals surface area contributed by atoms with Gasteiger partial charge in [-0.25, -0.2) is 0 Å². The summed E-state index contributed by atoms with van der Waals surface area (Å²) in [5.74, 6) is 0.381. The fraction of sp³-hybridized carbons (Fsp3) is 0.278. The summed E-state index contributed by atoms with van der Waals surface area (Å²) in [6.07, 6.45) is 0. The number of para-hydroxylation sites is 1. The monoisotopic (exact) mass is 282 g/mol. The zero-order valence-electron chi connectivity index (χ0n) is 12.8. The number of hydrogen-bond acceptors (Lipinski definition) is 2. The molecule has 0 aliphatic heterocycles. The number of carbonyl (C=O) groups is 1. The first-order valence-electron chi connectivity index (χ1n) is 7.25. The van der Waals surface area contributed by atoms with E-state index in [0.717, 1.165) is 11.4 Å². The summed E-state index contributed by atoms with van der Waals surface area (Å²) in [4.78, 5) is 12.0. The van der Waals surface area contributed by atoms with Crippen molar-refractivity contribution in [3.05, 3.63) is 59.7 Å². The Balaban J connectivity index is 1.94. The van der Waals surface area contributed by atoms with Crippen LogP contribution in [0.1, 0.15) is 30.9 Å². The zero-order valence-corrected chi connectivity index (χ0v) is 12.8. The van der Waals surface area contributed by atoms with Gasteiger partial charge in [0.15, 0.2) is 0 Å². The Morgan fingerprint density at radius 2 is 1.71 bits per heavy atom. The van der Waals surface area contributed by atoms with Crippen LogP contribution in [-0.4, -0.2) is 12.5 Å². The third kappa shape index (κ3) is 4.35. The number of hydrogen-bond donors (Lipinski definition) is 2. The lowest BCUT2D eigenvalue weighted by Crippen LogP contribution is -2.22. The maximum atomic E-state index is 12.0. The maximum Gasteiger partial charge on any atom is 0.243 e. The van der Waals surface area contributed by atoms with E-state index >= 15 is 0 Å². The van der Waals surface area contributed by atoms with E-state index in [1.807, 2.05) is 49.4 Å². The lowest BCUT2D eigenvalue weighted by molar-refractivity contribution is -0.114. The second kappa shape index (κ2) is 6.93. The number of nitrogens with one attached hydrogen (secondary N) is 2. The highest BCUT2D eigenvalue weighted by Gasteiger charge is 2.07. The number of aryl methyl sites for hydroxylation is 1. The van der Waals surface area contributed by atoms with Crippen molar-refractivity contribution in [2.75, 3.05) is 17.2 Å². The molecule has 0 aliphatic carbocycles. The normalized spacial score (nSPS) is 10.5. The van der Waals surface area contributed by atoms with Crippen LogP contribution >= 0.6 is 0 Å². The van der Waals surface area contributed by atoms with Crippen LogP contribution in [0.25, 0.3) is 0 Å². The van der Waals surface area contributed by atoms with Crippen molar-refractivity contribution in [1.82, 2.24) is 0 Å². The molecule has 0 fully saturated rings. The van der Waals surface area contributed by atoms with Gasteiger partial charge in [0.25, 0.3) is 0 Å². The van der Waals surface area contributed by atoms with E-state index in [9.17, 15) is 4.79 Å². The second-order valence-corrected chi connectivity index (χ2v) is 5.51. The van der Waals surface area contributed by atoms with E-state index in [2.05, 4.69) is 30.5 Å². The molecule has 0 unspecified atom stereocenters. The summed E-state index contributed by atoms with van der Waals surface area (Å²) in [7, 11) is 0. The first-order chi connectivity index (χ1) is 10.1. The number of carbonyl (C=O) groups excluding carboxylic acids is 1. The quantitative estimate of drug-likeness (QED) is 0.864. The number of rotatable bonds is 5. The molecule has 2 aromatic rings. The summed E-state index contributed by atoms with van der Waals surface area (Å²) in [5.41, 5.74) is 4.24. The number of anilines is 2. The van der Waals surface area contributed by atoms with Gasteiger partial charge in [-0.2, -0.15) is 0 Å². The van der Waals surface area contributed by atoms with Crippen LogP contribution in [0.3, 0.4) is 0 Å². The maximum absolute atomic E-state index is 12.0. The van der Waals surface area contributed by atoms with Crippen molar-refractivity contribution in [3.8, 4) is 0 Å². The van der Waals surface area contributed by atoms with E-state index in [0.29, 0.717) is 5.92 Å². The van der Waals surface area contributed by atoms with Gasteiger partial charge in [-0.1, -0.05) is 49.7 Å². The summed E-state index contributed by atoms with van der Waals surface area (Å²) in [6.45, 7) is 6.58. The van der Waals surface area contributed by atoms with Crippen LogP contribution < -0.4 is 10.6 Å². The Bertz CT molecular complexity index is 603. The molecule has 110 valence electrons. The minimum absolute atomic E-state index is 0.0441. The molecule has 21 heavy (non-hydrogen) atoms. The molecular weight excluding hydrogens is 260 g/mol. The third-order valence-electron chi connectivity index (χ3n) is 3.36. The average Bonchev–Trinajstić information content (AvgIpc) is 2.48. The molecule has 1 amide bonds. The Morgan fingerprint density at radius 1 is 1.05 bits per heavy atom. The second-order valence-electron chi connectivity index (χ2n) is 5.51. The molecule has 0 bridgehead atoms. The molecule has 2 rings (SSSR count). The fourth-order valence-electron chi connectivity index (χ4n) is 2.18. The van der Waals surface area contributed by atoms with Crippen LogP contribution in [-0.2, 0) is 4.79 Å². The van der Waals surface area contributed by atoms with Crippen molar-refractivity contribution >= 4 is 17.3 Å². The summed E-state index contributed by atoms with van der Waals surface area (Å²) < 4.78 is 0. The molecular formula is C18H22N2O. The van der Waals surface area contributed by atoms with Crippen molar-refractivity contribution in [2.24, 2.45) is 0 Å². The summed E-state index contributed by atoms with van der Waals surface area (Å²) in [5, 5.41) is 6.10. The molecule has 0 spiro atoms. The van der Waals surface area contributed by atoms with E-state index in [1.54, 1.807) is 0 Å². The van der Waals surface area contributed by atoms with Gasteiger partial charge in [-0.3, -0.25) is 4.79 Å². The standard InChI is InChI=1S/C18H22N2O/c1-13(2)16-6-4-5-7-17(16)19-12-18(21)20-15-10-8-14(3)9-11-15/h4-11,13,19H,12H2,1-3H3,(H,20,21). The van der Waals surface area contributed by atoms with E-state index in [4.69, 9.17) is 0 Å². The van der Waals surface area contributed by atoms with Gasteiger partial charge in [0, 0.05) is 11.4 Å². The molecule has 2 aromatic carbocycles. The Labute approximate surface area is 126 Å². The largest absolute Gasteiger partial charge is 0.376 e. The van der Waals surface area contributed by atoms with Crippen molar-refractivity contribution < 1.29 is 4.79 Å². The summed E-state index contributed by atoms with van der Waals surface area (Å²) >= 11 is 0. The number of amides is 1. The number of benzene rings is 2. The van der Waals surface area contributed by atoms with E-state index in [1.165, 1.54) is 11.1 Å². The van der Waals surface area contributed by atoms with E-state index in [-0.39, 0.29) is 12.5 Å². The lowest BCUT2D eigenvalue weighted by Gasteiger charge is -2.14. The van der Waals surface area contributed by atoms with Gasteiger partial charge in [-0.05, 0) is 36.6 Å². The van der Waals surface area contributed by atoms with Crippen LogP contribution in [0, 0.1) is 6.92 Å². The van der Waals surface area contributed by atoms with Gasteiger partial charge in [0.05, 0.1) is 6.54 Å². The van der Waals surface area contributed by atoms with Crippen molar-refractivity contribution in [3.63, 3.8) is 0 Å². The summed E-state index contributed by atoms with van der Waals surface area (Å²) in [6, 6.07) is 15.9. The molecule has 0 saturated heterocycles. The fourth-order valence-corrected chi connectivity index (χ4v) is 2.18. The first kappa shape index (κ1) is 15.1.